The third kappa shape index (κ3) is 3.27. The summed E-state index contributed by atoms with van der Waals surface area (Å²) in [6, 6.07) is 24.6. The van der Waals surface area contributed by atoms with Crippen molar-refractivity contribution in [2.75, 3.05) is 5.32 Å². The molecule has 0 saturated heterocycles. The lowest BCUT2D eigenvalue weighted by atomic mass is 10.0. The van der Waals surface area contributed by atoms with Gasteiger partial charge in [-0.1, -0.05) is 42.5 Å². The number of rotatable bonds is 3. The first kappa shape index (κ1) is 17.3. The lowest BCUT2D eigenvalue weighted by Crippen LogP contribution is -2.13. The molecular formula is C23H14N2O3. The predicted octanol–water partition coefficient (Wildman–Crippen LogP) is 4.58. The normalized spacial score (nSPS) is 10.4. The van der Waals surface area contributed by atoms with E-state index in [1.165, 1.54) is 0 Å². The van der Waals surface area contributed by atoms with Gasteiger partial charge in [-0.15, -0.1) is 0 Å². The molecule has 28 heavy (non-hydrogen) atoms. The number of hydrogen-bond donors (Lipinski definition) is 1. The summed E-state index contributed by atoms with van der Waals surface area (Å²) < 4.78 is 5.38. The number of nitriles is 1. The van der Waals surface area contributed by atoms with E-state index in [-0.39, 0.29) is 5.91 Å². The summed E-state index contributed by atoms with van der Waals surface area (Å²) in [5.74, 6) is -0.366. The van der Waals surface area contributed by atoms with E-state index in [2.05, 4.69) is 5.32 Å². The number of para-hydroxylation sites is 2. The fourth-order valence-corrected chi connectivity index (χ4v) is 2.98. The molecule has 1 N–H and O–H groups in total. The van der Waals surface area contributed by atoms with Gasteiger partial charge in [0, 0.05) is 10.9 Å². The van der Waals surface area contributed by atoms with E-state index in [0.29, 0.717) is 33.5 Å². The van der Waals surface area contributed by atoms with Crippen molar-refractivity contribution in [2.24, 2.45) is 0 Å². The minimum atomic E-state index is -0.467. The number of fused-ring (bicyclic) bond motifs is 1. The molecule has 134 valence electrons. The Morgan fingerprint density at radius 1 is 0.929 bits per heavy atom. The smallest absolute Gasteiger partial charge is 0.344 e. The van der Waals surface area contributed by atoms with Gasteiger partial charge in [0.2, 0.25) is 0 Å². The van der Waals surface area contributed by atoms with Crippen molar-refractivity contribution >= 4 is 22.6 Å². The van der Waals surface area contributed by atoms with Crippen LogP contribution in [-0.4, -0.2) is 5.91 Å². The zero-order valence-electron chi connectivity index (χ0n) is 14.7. The predicted molar refractivity (Wildman–Crippen MR) is 107 cm³/mol. The summed E-state index contributed by atoms with van der Waals surface area (Å²) >= 11 is 0. The number of benzene rings is 3. The van der Waals surface area contributed by atoms with Gasteiger partial charge in [-0.25, -0.2) is 4.79 Å². The maximum atomic E-state index is 12.6. The van der Waals surface area contributed by atoms with Gasteiger partial charge in [0.25, 0.3) is 5.91 Å². The van der Waals surface area contributed by atoms with E-state index in [1.54, 1.807) is 66.7 Å². The maximum Gasteiger partial charge on any atom is 0.344 e. The molecule has 5 nitrogen and oxygen atoms in total. The van der Waals surface area contributed by atoms with Crippen LogP contribution in [0, 0.1) is 11.3 Å². The molecule has 1 heterocycles. The Labute approximate surface area is 160 Å². The second-order valence-corrected chi connectivity index (χ2v) is 6.18. The molecule has 0 aliphatic carbocycles. The van der Waals surface area contributed by atoms with Crippen molar-refractivity contribution in [2.45, 2.75) is 0 Å². The Balaban J connectivity index is 1.70. The second-order valence-electron chi connectivity index (χ2n) is 6.18. The quantitative estimate of drug-likeness (QED) is 0.538. The standard InChI is InChI=1S/C23H14N2O3/c24-14-18-7-1-3-10-20(18)25-22(26)17-9-5-8-15(12-17)19-13-16-6-2-4-11-21(16)28-23(19)27/h1-13H,(H,25,26). The molecule has 5 heteroatoms. The third-order valence-corrected chi connectivity index (χ3v) is 4.37. The van der Waals surface area contributed by atoms with Crippen molar-refractivity contribution in [3.63, 3.8) is 0 Å². The lowest BCUT2D eigenvalue weighted by Gasteiger charge is -2.08. The number of hydrogen-bond acceptors (Lipinski definition) is 4. The van der Waals surface area contributed by atoms with Crippen molar-refractivity contribution in [3.05, 3.63) is 100 Å². The highest BCUT2D eigenvalue weighted by Crippen LogP contribution is 2.23. The van der Waals surface area contributed by atoms with E-state index in [1.807, 2.05) is 18.2 Å². The topological polar surface area (TPSA) is 83.1 Å². The summed E-state index contributed by atoms with van der Waals surface area (Å²) in [5, 5.41) is 12.7. The number of nitrogens with one attached hydrogen (secondary N) is 1. The van der Waals surface area contributed by atoms with Crippen LogP contribution in [0.15, 0.2) is 88.1 Å². The zero-order valence-corrected chi connectivity index (χ0v) is 14.7. The summed E-state index contributed by atoms with van der Waals surface area (Å²) in [4.78, 5) is 25.0. The molecule has 0 fully saturated rings. The molecule has 0 radical (unpaired) electrons. The molecule has 0 spiro atoms. The van der Waals surface area contributed by atoms with Crippen molar-refractivity contribution in [1.29, 1.82) is 5.26 Å². The Morgan fingerprint density at radius 2 is 1.71 bits per heavy atom. The van der Waals surface area contributed by atoms with Crippen LogP contribution in [-0.2, 0) is 0 Å². The molecule has 4 rings (SSSR count). The fourth-order valence-electron chi connectivity index (χ4n) is 2.98. The first-order valence-corrected chi connectivity index (χ1v) is 8.59. The Morgan fingerprint density at radius 3 is 2.57 bits per heavy atom. The van der Waals surface area contributed by atoms with E-state index in [4.69, 9.17) is 9.68 Å². The molecule has 0 bridgehead atoms. The molecule has 4 aromatic rings. The Bertz CT molecular complexity index is 1300. The van der Waals surface area contributed by atoms with Crippen LogP contribution in [0.3, 0.4) is 0 Å². The molecule has 0 atom stereocenters. The van der Waals surface area contributed by atoms with Crippen molar-refractivity contribution in [3.8, 4) is 17.2 Å². The number of nitrogens with zero attached hydrogens (tertiary/aromatic N) is 1. The van der Waals surface area contributed by atoms with Crippen LogP contribution in [0.1, 0.15) is 15.9 Å². The molecular weight excluding hydrogens is 352 g/mol. The van der Waals surface area contributed by atoms with Crippen LogP contribution in [0.2, 0.25) is 0 Å². The summed E-state index contributed by atoms with van der Waals surface area (Å²) in [6.07, 6.45) is 0. The van der Waals surface area contributed by atoms with E-state index >= 15 is 0 Å². The van der Waals surface area contributed by atoms with Crippen LogP contribution < -0.4 is 10.9 Å². The number of carbonyl (C=O) groups excluding carboxylic acids is 1. The van der Waals surface area contributed by atoms with Gasteiger partial charge in [0.1, 0.15) is 11.7 Å². The van der Waals surface area contributed by atoms with Gasteiger partial charge in [0.05, 0.1) is 16.8 Å². The molecule has 1 amide bonds. The lowest BCUT2D eigenvalue weighted by molar-refractivity contribution is 0.102. The SMILES string of the molecule is N#Cc1ccccc1NC(=O)c1cccc(-c2cc3ccccc3oc2=O)c1. The fraction of sp³-hybridized carbons (Fsp3) is 0. The zero-order chi connectivity index (χ0) is 19.5. The van der Waals surface area contributed by atoms with Crippen LogP contribution in [0.4, 0.5) is 5.69 Å². The Kier molecular flexibility index (Phi) is 4.45. The van der Waals surface area contributed by atoms with Gasteiger partial charge < -0.3 is 9.73 Å². The molecule has 0 saturated carbocycles. The molecule has 0 aliphatic heterocycles. The Hall–Kier alpha value is -4.17. The first-order chi connectivity index (χ1) is 13.7. The third-order valence-electron chi connectivity index (χ3n) is 4.37. The highest BCUT2D eigenvalue weighted by molar-refractivity contribution is 6.05. The first-order valence-electron chi connectivity index (χ1n) is 8.59. The molecule has 3 aromatic carbocycles. The van der Waals surface area contributed by atoms with Crippen LogP contribution in [0.5, 0.6) is 0 Å². The van der Waals surface area contributed by atoms with E-state index < -0.39 is 5.63 Å². The minimum absolute atomic E-state index is 0.366. The highest BCUT2D eigenvalue weighted by atomic mass is 16.4. The van der Waals surface area contributed by atoms with Crippen LogP contribution in [0.25, 0.3) is 22.1 Å². The second kappa shape index (κ2) is 7.22. The number of carbonyl (C=O) groups is 1. The number of anilines is 1. The van der Waals surface area contributed by atoms with Gasteiger partial charge in [-0.3, -0.25) is 4.79 Å². The maximum absolute atomic E-state index is 12.6. The average Bonchev–Trinajstić information content (AvgIpc) is 2.73. The van der Waals surface area contributed by atoms with Crippen molar-refractivity contribution < 1.29 is 9.21 Å². The van der Waals surface area contributed by atoms with Crippen molar-refractivity contribution in [1.82, 2.24) is 0 Å². The minimum Gasteiger partial charge on any atom is -0.422 e. The molecule has 1 aromatic heterocycles. The van der Waals surface area contributed by atoms with Gasteiger partial charge in [0.15, 0.2) is 0 Å². The molecule has 0 aliphatic rings. The number of amides is 1. The summed E-state index contributed by atoms with van der Waals surface area (Å²) in [5.41, 5.74) is 2.20. The summed E-state index contributed by atoms with van der Waals surface area (Å²) in [7, 11) is 0. The van der Waals surface area contributed by atoms with E-state index in [0.717, 1.165) is 5.39 Å². The highest BCUT2D eigenvalue weighted by Gasteiger charge is 2.12. The molecule has 0 unspecified atom stereocenters. The van der Waals surface area contributed by atoms with Crippen LogP contribution >= 0.6 is 0 Å². The average molecular weight is 366 g/mol. The monoisotopic (exact) mass is 366 g/mol. The van der Waals surface area contributed by atoms with E-state index in [9.17, 15) is 9.59 Å². The van der Waals surface area contributed by atoms with Gasteiger partial charge in [-0.05, 0) is 42.0 Å². The van der Waals surface area contributed by atoms with Gasteiger partial charge >= 0.3 is 5.63 Å². The van der Waals surface area contributed by atoms with Gasteiger partial charge in [-0.2, -0.15) is 5.26 Å². The largest absolute Gasteiger partial charge is 0.422 e. The summed E-state index contributed by atoms with van der Waals surface area (Å²) in [6.45, 7) is 0.